The van der Waals surface area contributed by atoms with E-state index in [0.717, 1.165) is 78.2 Å². The summed E-state index contributed by atoms with van der Waals surface area (Å²) in [5, 5.41) is 0. The maximum Gasteiger partial charge on any atom is 0.254 e. The van der Waals surface area contributed by atoms with Crippen molar-refractivity contribution in [2.24, 2.45) is 0 Å². The number of piperidine rings is 1. The molecular weight excluding hydrogens is 520 g/mol. The van der Waals surface area contributed by atoms with Crippen LogP contribution in [0.2, 0.25) is 0 Å². The Labute approximate surface area is 248 Å². The number of benzene rings is 3. The van der Waals surface area contributed by atoms with E-state index in [0.29, 0.717) is 24.7 Å². The van der Waals surface area contributed by atoms with Gasteiger partial charge in [0.25, 0.3) is 11.8 Å². The fourth-order valence-corrected chi connectivity index (χ4v) is 6.23. The lowest BCUT2D eigenvalue weighted by molar-refractivity contribution is 0.0412. The number of nitrogens with zero attached hydrogens (tertiary/aromatic N) is 4. The zero-order valence-corrected chi connectivity index (χ0v) is 24.5. The van der Waals surface area contributed by atoms with Crippen molar-refractivity contribution in [3.8, 4) is 22.5 Å². The van der Waals surface area contributed by atoms with Crippen LogP contribution in [0.1, 0.15) is 44.7 Å². The molecule has 0 aliphatic carbocycles. The zero-order chi connectivity index (χ0) is 29.1. The Bertz CT molecular complexity index is 1500. The van der Waals surface area contributed by atoms with Crippen LogP contribution in [0.15, 0.2) is 91.0 Å². The van der Waals surface area contributed by atoms with Crippen LogP contribution in [0.3, 0.4) is 0 Å². The number of carbonyl (C=O) groups is 2. The van der Waals surface area contributed by atoms with E-state index in [-0.39, 0.29) is 11.8 Å². The molecule has 2 aliphatic heterocycles. The highest BCUT2D eigenvalue weighted by Crippen LogP contribution is 2.27. The summed E-state index contributed by atoms with van der Waals surface area (Å²) in [6.45, 7) is 8.74. The minimum Gasteiger partial charge on any atom is -0.339 e. The van der Waals surface area contributed by atoms with E-state index in [9.17, 15) is 9.59 Å². The molecule has 2 aliphatic rings. The summed E-state index contributed by atoms with van der Waals surface area (Å²) in [4.78, 5) is 38.4. The highest BCUT2D eigenvalue weighted by Gasteiger charge is 2.31. The van der Waals surface area contributed by atoms with Gasteiger partial charge in [-0.05, 0) is 56.0 Å². The number of likely N-dealkylation sites (tertiary alicyclic amines) is 1. The SMILES string of the molecule is Cc1cccc(C(=O)N2CCC(N3CCN(C(=O)c4cc(-c5ccccc5)nc(-c5ccccc5)c4)CC3)CC2)c1C. The molecule has 0 N–H and O–H groups in total. The van der Waals surface area contributed by atoms with Crippen molar-refractivity contribution in [1.29, 1.82) is 0 Å². The summed E-state index contributed by atoms with van der Waals surface area (Å²) >= 11 is 0. The second-order valence-corrected chi connectivity index (χ2v) is 11.5. The van der Waals surface area contributed by atoms with Crippen LogP contribution < -0.4 is 0 Å². The maximum atomic E-state index is 13.8. The van der Waals surface area contributed by atoms with Gasteiger partial charge in [-0.15, -0.1) is 0 Å². The van der Waals surface area contributed by atoms with Gasteiger partial charge in [0.1, 0.15) is 0 Å². The van der Waals surface area contributed by atoms with Crippen molar-refractivity contribution in [3.05, 3.63) is 113 Å². The zero-order valence-electron chi connectivity index (χ0n) is 24.5. The van der Waals surface area contributed by atoms with E-state index in [4.69, 9.17) is 4.98 Å². The molecule has 0 spiro atoms. The lowest BCUT2D eigenvalue weighted by atomic mass is 9.98. The number of hydrogen-bond donors (Lipinski definition) is 0. The quantitative estimate of drug-likeness (QED) is 0.297. The minimum absolute atomic E-state index is 0.0559. The van der Waals surface area contributed by atoms with E-state index in [1.165, 1.54) is 0 Å². The maximum absolute atomic E-state index is 13.8. The number of hydrogen-bond acceptors (Lipinski definition) is 4. The van der Waals surface area contributed by atoms with Crippen LogP contribution in [0.4, 0.5) is 0 Å². The first-order valence-electron chi connectivity index (χ1n) is 15.0. The predicted octanol–water partition coefficient (Wildman–Crippen LogP) is 6.10. The number of piperazine rings is 1. The van der Waals surface area contributed by atoms with Gasteiger partial charge in [0.05, 0.1) is 11.4 Å². The Morgan fingerprint density at radius 1 is 0.643 bits per heavy atom. The van der Waals surface area contributed by atoms with Gasteiger partial charge in [-0.2, -0.15) is 0 Å². The third-order valence-electron chi connectivity index (χ3n) is 8.92. The fraction of sp³-hybridized carbons (Fsp3) is 0.306. The predicted molar refractivity (Wildman–Crippen MR) is 167 cm³/mol. The molecule has 0 radical (unpaired) electrons. The first-order chi connectivity index (χ1) is 20.5. The summed E-state index contributed by atoms with van der Waals surface area (Å²) in [6.07, 6.45) is 1.94. The van der Waals surface area contributed by atoms with Crippen LogP contribution >= 0.6 is 0 Å². The second-order valence-electron chi connectivity index (χ2n) is 11.5. The number of carbonyl (C=O) groups excluding carboxylic acids is 2. The number of pyridine rings is 1. The Hall–Kier alpha value is -4.29. The average Bonchev–Trinajstić information content (AvgIpc) is 3.06. The lowest BCUT2D eigenvalue weighted by Gasteiger charge is -2.43. The number of rotatable bonds is 5. The van der Waals surface area contributed by atoms with Crippen LogP contribution in [0, 0.1) is 13.8 Å². The highest BCUT2D eigenvalue weighted by atomic mass is 16.2. The molecule has 42 heavy (non-hydrogen) atoms. The summed E-state index contributed by atoms with van der Waals surface area (Å²) in [5.41, 5.74) is 7.33. The van der Waals surface area contributed by atoms with Crippen LogP contribution in [0.5, 0.6) is 0 Å². The molecule has 2 amide bonds. The van der Waals surface area contributed by atoms with E-state index >= 15 is 0 Å². The first-order valence-corrected chi connectivity index (χ1v) is 15.0. The van der Waals surface area contributed by atoms with E-state index in [1.807, 2.05) is 102 Å². The monoisotopic (exact) mass is 558 g/mol. The number of aryl methyl sites for hydroxylation is 1. The molecule has 6 nitrogen and oxygen atoms in total. The van der Waals surface area contributed by atoms with Gasteiger partial charge < -0.3 is 9.80 Å². The van der Waals surface area contributed by atoms with E-state index in [2.05, 4.69) is 17.9 Å². The Kier molecular flexibility index (Phi) is 8.15. The van der Waals surface area contributed by atoms with Gasteiger partial charge in [-0.3, -0.25) is 14.5 Å². The van der Waals surface area contributed by atoms with Crippen molar-refractivity contribution < 1.29 is 9.59 Å². The van der Waals surface area contributed by atoms with Gasteiger partial charge in [0, 0.05) is 67.6 Å². The first kappa shape index (κ1) is 27.9. The average molecular weight is 559 g/mol. The summed E-state index contributed by atoms with van der Waals surface area (Å²) in [7, 11) is 0. The molecule has 4 aromatic rings. The van der Waals surface area contributed by atoms with Crippen molar-refractivity contribution in [2.75, 3.05) is 39.3 Å². The van der Waals surface area contributed by atoms with Gasteiger partial charge >= 0.3 is 0 Å². The van der Waals surface area contributed by atoms with Gasteiger partial charge in [-0.25, -0.2) is 4.98 Å². The van der Waals surface area contributed by atoms with E-state index in [1.54, 1.807) is 0 Å². The molecule has 6 heteroatoms. The summed E-state index contributed by atoms with van der Waals surface area (Å²) < 4.78 is 0. The highest BCUT2D eigenvalue weighted by molar-refractivity contribution is 5.97. The van der Waals surface area contributed by atoms with Gasteiger partial charge in [0.2, 0.25) is 0 Å². The molecule has 0 atom stereocenters. The molecule has 3 aromatic carbocycles. The largest absolute Gasteiger partial charge is 0.339 e. The van der Waals surface area contributed by atoms with Gasteiger partial charge in [0.15, 0.2) is 0 Å². The number of amides is 2. The summed E-state index contributed by atoms with van der Waals surface area (Å²) in [5.74, 6) is 0.201. The molecule has 6 rings (SSSR count). The normalized spacial score (nSPS) is 16.4. The molecule has 0 saturated carbocycles. The molecule has 2 saturated heterocycles. The number of aromatic nitrogens is 1. The molecule has 0 bridgehead atoms. The van der Waals surface area contributed by atoms with Gasteiger partial charge in [-0.1, -0.05) is 72.8 Å². The topological polar surface area (TPSA) is 56.8 Å². The molecule has 3 heterocycles. The van der Waals surface area contributed by atoms with Crippen molar-refractivity contribution >= 4 is 11.8 Å². The minimum atomic E-state index is 0.0559. The Morgan fingerprint density at radius 3 is 1.76 bits per heavy atom. The van der Waals surface area contributed by atoms with Crippen molar-refractivity contribution in [2.45, 2.75) is 32.7 Å². The smallest absolute Gasteiger partial charge is 0.254 e. The third-order valence-corrected chi connectivity index (χ3v) is 8.92. The Balaban J connectivity index is 1.10. The van der Waals surface area contributed by atoms with Crippen LogP contribution in [-0.2, 0) is 0 Å². The third kappa shape index (κ3) is 5.86. The van der Waals surface area contributed by atoms with Crippen molar-refractivity contribution in [1.82, 2.24) is 19.7 Å². The Morgan fingerprint density at radius 2 is 1.19 bits per heavy atom. The lowest BCUT2D eigenvalue weighted by Crippen LogP contribution is -2.54. The van der Waals surface area contributed by atoms with Crippen LogP contribution in [0.25, 0.3) is 22.5 Å². The molecule has 1 aromatic heterocycles. The molecular formula is C36H38N4O2. The molecule has 2 fully saturated rings. The standard InChI is InChI=1S/C36H38N4O2/c1-26-10-9-15-32(27(26)2)36(42)39-18-16-31(17-19-39)38-20-22-40(23-21-38)35(41)30-24-33(28-11-5-3-6-12-28)37-34(25-30)29-13-7-4-8-14-29/h3-15,24-25,31H,16-23H2,1-2H3. The fourth-order valence-electron chi connectivity index (χ4n) is 6.23. The second kappa shape index (κ2) is 12.3. The summed E-state index contributed by atoms with van der Waals surface area (Å²) in [6, 6.07) is 30.4. The molecule has 214 valence electrons. The molecule has 0 unspecified atom stereocenters. The van der Waals surface area contributed by atoms with E-state index < -0.39 is 0 Å². The van der Waals surface area contributed by atoms with Crippen molar-refractivity contribution in [3.63, 3.8) is 0 Å². The van der Waals surface area contributed by atoms with Crippen LogP contribution in [-0.4, -0.2) is 76.8 Å².